The molecule has 0 radical (unpaired) electrons. The minimum absolute atomic E-state index is 0.0262. The van der Waals surface area contributed by atoms with Crippen molar-refractivity contribution >= 4 is 39.1 Å². The first-order valence-corrected chi connectivity index (χ1v) is 16.0. The molecule has 2 amide bonds. The summed E-state index contributed by atoms with van der Waals surface area (Å²) in [5, 5.41) is 3.48. The Kier molecular flexibility index (Phi) is 11.0. The van der Waals surface area contributed by atoms with Crippen LogP contribution in [-0.4, -0.2) is 50.9 Å². The maximum Gasteiger partial charge on any atom is 0.264 e. The number of hydrogen-bond acceptors (Lipinski definition) is 5. The minimum atomic E-state index is -4.20. The van der Waals surface area contributed by atoms with E-state index in [0.29, 0.717) is 10.8 Å². The molecule has 0 heterocycles. The SMILES string of the molecule is COc1cccc(N(CC(=O)N(Cc2ccc(Cl)cc2)C(Cc2ccccc2)C(=O)NC(C)C)S(=O)(=O)c2ccccc2)c1. The summed E-state index contributed by atoms with van der Waals surface area (Å²) in [7, 11) is -2.72. The lowest BCUT2D eigenvalue weighted by Gasteiger charge is -2.34. The van der Waals surface area contributed by atoms with Crippen molar-refractivity contribution in [1.82, 2.24) is 10.2 Å². The van der Waals surface area contributed by atoms with Crippen LogP contribution in [0.25, 0.3) is 0 Å². The fourth-order valence-electron chi connectivity index (χ4n) is 4.74. The fourth-order valence-corrected chi connectivity index (χ4v) is 6.29. The van der Waals surface area contributed by atoms with E-state index in [1.165, 1.54) is 24.1 Å². The van der Waals surface area contributed by atoms with Crippen molar-refractivity contribution in [3.8, 4) is 5.75 Å². The number of methoxy groups -OCH3 is 1. The maximum absolute atomic E-state index is 14.4. The van der Waals surface area contributed by atoms with Crippen molar-refractivity contribution in [3.63, 3.8) is 0 Å². The topological polar surface area (TPSA) is 96.0 Å². The summed E-state index contributed by atoms with van der Waals surface area (Å²) in [4.78, 5) is 29.6. The first-order valence-electron chi connectivity index (χ1n) is 14.2. The van der Waals surface area contributed by atoms with Crippen LogP contribution < -0.4 is 14.4 Å². The molecule has 0 bridgehead atoms. The molecule has 230 valence electrons. The Bertz CT molecular complexity index is 1650. The second kappa shape index (κ2) is 14.9. The van der Waals surface area contributed by atoms with E-state index in [9.17, 15) is 18.0 Å². The number of benzene rings is 4. The molecule has 0 aliphatic carbocycles. The highest BCUT2D eigenvalue weighted by Crippen LogP contribution is 2.28. The molecule has 8 nitrogen and oxygen atoms in total. The number of anilines is 1. The molecule has 1 unspecified atom stereocenters. The lowest BCUT2D eigenvalue weighted by molar-refractivity contribution is -0.140. The molecule has 1 N–H and O–H groups in total. The van der Waals surface area contributed by atoms with Crippen molar-refractivity contribution in [3.05, 3.63) is 125 Å². The van der Waals surface area contributed by atoms with E-state index in [-0.39, 0.29) is 35.5 Å². The standard InChI is InChI=1S/C34H36ClN3O5S/c1-25(2)36-34(40)32(21-26-11-6-4-7-12-26)37(23-27-17-19-28(35)20-18-27)33(39)24-38(29-13-10-14-30(22-29)43-3)44(41,42)31-15-8-5-9-16-31/h4-20,22,25,32H,21,23-24H2,1-3H3,(H,36,40). The number of hydrogen-bond donors (Lipinski definition) is 1. The predicted octanol–water partition coefficient (Wildman–Crippen LogP) is 5.71. The second-order valence-electron chi connectivity index (χ2n) is 10.5. The molecule has 0 saturated heterocycles. The molecule has 4 aromatic carbocycles. The highest BCUT2D eigenvalue weighted by atomic mass is 35.5. The van der Waals surface area contributed by atoms with Crippen LogP contribution in [0.4, 0.5) is 5.69 Å². The number of ether oxygens (including phenoxy) is 1. The first kappa shape index (κ1) is 32.6. The summed E-state index contributed by atoms with van der Waals surface area (Å²) in [6, 6.07) is 29.7. The minimum Gasteiger partial charge on any atom is -0.497 e. The molecule has 0 aromatic heterocycles. The van der Waals surface area contributed by atoms with Gasteiger partial charge in [-0.15, -0.1) is 0 Å². The van der Waals surface area contributed by atoms with Gasteiger partial charge >= 0.3 is 0 Å². The van der Waals surface area contributed by atoms with Crippen molar-refractivity contribution in [2.24, 2.45) is 0 Å². The molecule has 4 aromatic rings. The first-order chi connectivity index (χ1) is 21.1. The molecule has 0 aliphatic rings. The number of sulfonamides is 1. The van der Waals surface area contributed by atoms with Gasteiger partial charge in [-0.1, -0.05) is 78.3 Å². The third kappa shape index (κ3) is 8.39. The van der Waals surface area contributed by atoms with E-state index >= 15 is 0 Å². The summed E-state index contributed by atoms with van der Waals surface area (Å²) >= 11 is 6.13. The number of carbonyl (C=O) groups is 2. The van der Waals surface area contributed by atoms with E-state index in [1.54, 1.807) is 66.7 Å². The van der Waals surface area contributed by atoms with Gasteiger partial charge in [-0.2, -0.15) is 0 Å². The number of rotatable bonds is 13. The van der Waals surface area contributed by atoms with Gasteiger partial charge in [0.15, 0.2) is 0 Å². The van der Waals surface area contributed by atoms with E-state index in [0.717, 1.165) is 15.4 Å². The summed E-state index contributed by atoms with van der Waals surface area (Å²) in [5.41, 5.74) is 1.84. The zero-order chi connectivity index (χ0) is 31.7. The van der Waals surface area contributed by atoms with Gasteiger partial charge < -0.3 is 15.0 Å². The second-order valence-corrected chi connectivity index (χ2v) is 12.8. The Labute approximate surface area is 264 Å². The summed E-state index contributed by atoms with van der Waals surface area (Å²) in [6.07, 6.45) is 0.226. The average molecular weight is 634 g/mol. The van der Waals surface area contributed by atoms with Crippen molar-refractivity contribution in [2.75, 3.05) is 18.0 Å². The highest BCUT2D eigenvalue weighted by molar-refractivity contribution is 7.92. The lowest BCUT2D eigenvalue weighted by Crippen LogP contribution is -2.54. The summed E-state index contributed by atoms with van der Waals surface area (Å²) in [6.45, 7) is 3.19. The molecule has 0 fully saturated rings. The summed E-state index contributed by atoms with van der Waals surface area (Å²) in [5.74, 6) is -0.466. The maximum atomic E-state index is 14.4. The number of nitrogens with zero attached hydrogens (tertiary/aromatic N) is 2. The van der Waals surface area contributed by atoms with Crippen molar-refractivity contribution in [2.45, 2.75) is 43.8 Å². The molecule has 0 spiro atoms. The van der Waals surface area contributed by atoms with Crippen LogP contribution in [0.15, 0.2) is 114 Å². The monoisotopic (exact) mass is 633 g/mol. The number of halogens is 1. The van der Waals surface area contributed by atoms with Crippen LogP contribution in [0.3, 0.4) is 0 Å². The average Bonchev–Trinajstić information content (AvgIpc) is 3.02. The lowest BCUT2D eigenvalue weighted by atomic mass is 10.0. The highest BCUT2D eigenvalue weighted by Gasteiger charge is 2.35. The molecule has 4 rings (SSSR count). The van der Waals surface area contributed by atoms with Gasteiger partial charge in [0, 0.05) is 30.1 Å². The number of amides is 2. The Morgan fingerprint density at radius 1 is 0.841 bits per heavy atom. The Hall–Kier alpha value is -4.34. The van der Waals surface area contributed by atoms with Gasteiger partial charge in [-0.3, -0.25) is 13.9 Å². The van der Waals surface area contributed by atoms with E-state index in [1.807, 2.05) is 44.2 Å². The molecular weight excluding hydrogens is 598 g/mol. The largest absolute Gasteiger partial charge is 0.497 e. The quantitative estimate of drug-likeness (QED) is 0.204. The summed E-state index contributed by atoms with van der Waals surface area (Å²) < 4.78 is 34.5. The third-order valence-corrected chi connectivity index (χ3v) is 8.96. The number of nitrogens with one attached hydrogen (secondary N) is 1. The van der Waals surface area contributed by atoms with Gasteiger partial charge in [-0.05, 0) is 61.4 Å². The Balaban J connectivity index is 1.81. The van der Waals surface area contributed by atoms with Crippen LogP contribution in [0.2, 0.25) is 5.02 Å². The zero-order valence-corrected chi connectivity index (χ0v) is 26.5. The normalized spacial score (nSPS) is 11.9. The van der Waals surface area contributed by atoms with Gasteiger partial charge in [-0.25, -0.2) is 8.42 Å². The predicted molar refractivity (Wildman–Crippen MR) is 173 cm³/mol. The Morgan fingerprint density at radius 2 is 1.48 bits per heavy atom. The molecule has 1 atom stereocenters. The molecular formula is C34H36ClN3O5S. The van der Waals surface area contributed by atoms with Crippen LogP contribution in [-0.2, 0) is 32.6 Å². The van der Waals surface area contributed by atoms with Crippen molar-refractivity contribution in [1.29, 1.82) is 0 Å². The molecule has 0 saturated carbocycles. The zero-order valence-electron chi connectivity index (χ0n) is 24.9. The van der Waals surface area contributed by atoms with E-state index < -0.39 is 28.5 Å². The molecule has 10 heteroatoms. The number of carbonyl (C=O) groups excluding carboxylic acids is 2. The van der Waals surface area contributed by atoms with E-state index in [4.69, 9.17) is 16.3 Å². The van der Waals surface area contributed by atoms with Gasteiger partial charge in [0.1, 0.15) is 18.3 Å². The molecule has 44 heavy (non-hydrogen) atoms. The van der Waals surface area contributed by atoms with Crippen LogP contribution in [0, 0.1) is 0 Å². The third-order valence-electron chi connectivity index (χ3n) is 6.92. The van der Waals surface area contributed by atoms with Gasteiger partial charge in [0.05, 0.1) is 17.7 Å². The van der Waals surface area contributed by atoms with Crippen LogP contribution >= 0.6 is 11.6 Å². The Morgan fingerprint density at radius 3 is 2.09 bits per heavy atom. The smallest absolute Gasteiger partial charge is 0.264 e. The van der Waals surface area contributed by atoms with Crippen molar-refractivity contribution < 1.29 is 22.7 Å². The van der Waals surface area contributed by atoms with Gasteiger partial charge in [0.25, 0.3) is 10.0 Å². The van der Waals surface area contributed by atoms with Crippen LogP contribution in [0.5, 0.6) is 5.75 Å². The van der Waals surface area contributed by atoms with Crippen LogP contribution in [0.1, 0.15) is 25.0 Å². The van der Waals surface area contributed by atoms with Gasteiger partial charge in [0.2, 0.25) is 11.8 Å². The molecule has 0 aliphatic heterocycles. The fraction of sp³-hybridized carbons (Fsp3) is 0.235. The van der Waals surface area contributed by atoms with E-state index in [2.05, 4.69) is 5.32 Å².